The lowest BCUT2D eigenvalue weighted by Gasteiger charge is -2.25. The quantitative estimate of drug-likeness (QED) is 0.736. The van der Waals surface area contributed by atoms with Crippen LogP contribution in [0.4, 0.5) is 0 Å². The number of hydrogen-bond acceptors (Lipinski definition) is 3. The highest BCUT2D eigenvalue weighted by Gasteiger charge is 2.34. The average molecular weight is 250 g/mol. The fourth-order valence-electron chi connectivity index (χ4n) is 3.03. The third-order valence-corrected chi connectivity index (χ3v) is 5.73. The molecule has 2 aliphatic carbocycles. The van der Waals surface area contributed by atoms with E-state index in [9.17, 15) is 0 Å². The second-order valence-electron chi connectivity index (χ2n) is 5.36. The summed E-state index contributed by atoms with van der Waals surface area (Å²) in [4.78, 5) is 0. The predicted octanol–water partition coefficient (Wildman–Crippen LogP) is 3.19. The van der Waals surface area contributed by atoms with Crippen LogP contribution in [0.1, 0.15) is 38.5 Å². The fraction of sp³-hybridized carbons (Fsp3) is 0.714. The molecule has 1 fully saturated rings. The molecule has 2 unspecified atom stereocenters. The van der Waals surface area contributed by atoms with Gasteiger partial charge in [0.15, 0.2) is 0 Å². The van der Waals surface area contributed by atoms with E-state index in [-0.39, 0.29) is 0 Å². The van der Waals surface area contributed by atoms with Crippen LogP contribution in [0, 0.1) is 11.8 Å². The molecule has 3 heteroatoms. The molecule has 0 aromatic carbocycles. The fourth-order valence-corrected chi connectivity index (χ4v) is 4.56. The van der Waals surface area contributed by atoms with E-state index in [1.165, 1.54) is 38.5 Å². The van der Waals surface area contributed by atoms with Gasteiger partial charge >= 0.3 is 0 Å². The topological polar surface area (TPSA) is 24.1 Å². The van der Waals surface area contributed by atoms with Crippen molar-refractivity contribution < 1.29 is 0 Å². The number of thioether (sulfide) groups is 1. The molecule has 0 amide bonds. The lowest BCUT2D eigenvalue weighted by Crippen LogP contribution is -2.39. The zero-order valence-corrected chi connectivity index (χ0v) is 11.1. The summed E-state index contributed by atoms with van der Waals surface area (Å²) in [7, 11) is 0. The van der Waals surface area contributed by atoms with E-state index in [1.807, 2.05) is 0 Å². The van der Waals surface area contributed by atoms with Gasteiger partial charge in [-0.25, -0.2) is 10.9 Å². The number of nitrogens with one attached hydrogen (secondary N) is 2. The summed E-state index contributed by atoms with van der Waals surface area (Å²) < 4.78 is 0. The molecule has 94 valence electrons. The molecule has 3 aliphatic rings. The van der Waals surface area contributed by atoms with Gasteiger partial charge < -0.3 is 0 Å². The van der Waals surface area contributed by atoms with E-state index < -0.39 is 0 Å². The van der Waals surface area contributed by atoms with Crippen molar-refractivity contribution in [3.8, 4) is 0 Å². The van der Waals surface area contributed by atoms with Crippen LogP contribution in [0.3, 0.4) is 0 Å². The molecule has 0 aromatic heterocycles. The molecule has 1 heterocycles. The third kappa shape index (κ3) is 2.78. The predicted molar refractivity (Wildman–Crippen MR) is 74.4 cm³/mol. The zero-order valence-electron chi connectivity index (χ0n) is 10.3. The van der Waals surface area contributed by atoms with E-state index in [1.54, 1.807) is 0 Å². The van der Waals surface area contributed by atoms with Crippen LogP contribution >= 0.6 is 11.8 Å². The van der Waals surface area contributed by atoms with Crippen LogP contribution in [0.5, 0.6) is 0 Å². The molecule has 2 N–H and O–H groups in total. The lowest BCUT2D eigenvalue weighted by atomic mass is 9.94. The van der Waals surface area contributed by atoms with E-state index in [2.05, 4.69) is 46.9 Å². The van der Waals surface area contributed by atoms with Crippen LogP contribution in [-0.4, -0.2) is 10.7 Å². The Morgan fingerprint density at radius 2 is 1.29 bits per heavy atom. The minimum atomic E-state index is 0.621. The summed E-state index contributed by atoms with van der Waals surface area (Å²) in [5, 5.41) is 1.24. The first-order chi connectivity index (χ1) is 8.43. The maximum absolute atomic E-state index is 3.53. The number of allylic oxidation sites excluding steroid dienone is 4. The van der Waals surface area contributed by atoms with E-state index in [0.29, 0.717) is 10.7 Å². The SMILES string of the molecule is C1=CCC([C@@H]2NN[C@H](C3CC=CCC3)S2)CC1. The molecule has 3 rings (SSSR count). The Balaban J connectivity index is 1.54. The summed E-state index contributed by atoms with van der Waals surface area (Å²) in [6, 6.07) is 0. The van der Waals surface area contributed by atoms with Gasteiger partial charge in [-0.3, -0.25) is 0 Å². The first kappa shape index (κ1) is 11.8. The van der Waals surface area contributed by atoms with Gasteiger partial charge in [0.05, 0.1) is 10.7 Å². The number of hydrogen-bond donors (Lipinski definition) is 2. The highest BCUT2D eigenvalue weighted by Crippen LogP contribution is 2.37. The van der Waals surface area contributed by atoms with Crippen molar-refractivity contribution in [2.45, 2.75) is 49.3 Å². The van der Waals surface area contributed by atoms with Crippen LogP contribution in [-0.2, 0) is 0 Å². The first-order valence-corrected chi connectivity index (χ1v) is 7.84. The van der Waals surface area contributed by atoms with E-state index in [0.717, 1.165) is 11.8 Å². The van der Waals surface area contributed by atoms with Crippen molar-refractivity contribution in [1.82, 2.24) is 10.9 Å². The summed E-state index contributed by atoms with van der Waals surface area (Å²) in [6.45, 7) is 0. The van der Waals surface area contributed by atoms with Gasteiger partial charge in [-0.1, -0.05) is 24.3 Å². The minimum Gasteiger partial charge on any atom is -0.243 e. The Morgan fingerprint density at radius 1 is 0.765 bits per heavy atom. The normalized spacial score (nSPS) is 41.9. The van der Waals surface area contributed by atoms with Crippen molar-refractivity contribution in [2.75, 3.05) is 0 Å². The molecule has 0 saturated carbocycles. The van der Waals surface area contributed by atoms with Crippen molar-refractivity contribution in [1.29, 1.82) is 0 Å². The Kier molecular flexibility index (Phi) is 3.89. The van der Waals surface area contributed by atoms with E-state index >= 15 is 0 Å². The van der Waals surface area contributed by atoms with Crippen molar-refractivity contribution in [3.05, 3.63) is 24.3 Å². The average Bonchev–Trinajstić information content (AvgIpc) is 2.90. The highest BCUT2D eigenvalue weighted by atomic mass is 32.2. The Morgan fingerprint density at radius 3 is 1.71 bits per heavy atom. The highest BCUT2D eigenvalue weighted by molar-refractivity contribution is 8.00. The Hall–Kier alpha value is -0.250. The molecule has 0 bridgehead atoms. The van der Waals surface area contributed by atoms with Gasteiger partial charge in [0.25, 0.3) is 0 Å². The van der Waals surface area contributed by atoms with Gasteiger partial charge in [0.2, 0.25) is 0 Å². The molecule has 1 aliphatic heterocycles. The van der Waals surface area contributed by atoms with Crippen molar-refractivity contribution >= 4 is 11.8 Å². The van der Waals surface area contributed by atoms with Crippen LogP contribution in [0.25, 0.3) is 0 Å². The Bertz CT molecular complexity index is 283. The lowest BCUT2D eigenvalue weighted by molar-refractivity contribution is 0.357. The monoisotopic (exact) mass is 250 g/mol. The second-order valence-corrected chi connectivity index (χ2v) is 6.64. The largest absolute Gasteiger partial charge is 0.243 e. The van der Waals surface area contributed by atoms with Crippen molar-refractivity contribution in [3.63, 3.8) is 0 Å². The summed E-state index contributed by atoms with van der Waals surface area (Å²) in [5.41, 5.74) is 7.06. The maximum Gasteiger partial charge on any atom is 0.0713 e. The van der Waals surface area contributed by atoms with Gasteiger partial charge in [-0.2, -0.15) is 0 Å². The standard InChI is InChI=1S/C14H22N2S/c1-3-7-11(8-4-1)13-15-16-14(17-13)12-9-5-2-6-10-12/h1-3,5,11-16H,4,6-10H2/t11?,12?,13-,14+. The molecular formula is C14H22N2S. The van der Waals surface area contributed by atoms with Gasteiger partial charge in [-0.15, -0.1) is 11.8 Å². The summed E-state index contributed by atoms with van der Waals surface area (Å²) >= 11 is 2.13. The van der Waals surface area contributed by atoms with Crippen LogP contribution in [0.2, 0.25) is 0 Å². The van der Waals surface area contributed by atoms with Crippen LogP contribution in [0.15, 0.2) is 24.3 Å². The minimum absolute atomic E-state index is 0.621. The molecule has 17 heavy (non-hydrogen) atoms. The number of rotatable bonds is 2. The molecule has 0 aromatic rings. The molecule has 0 spiro atoms. The summed E-state index contributed by atoms with van der Waals surface area (Å²) in [6.07, 6.45) is 17.1. The molecule has 2 nitrogen and oxygen atoms in total. The summed E-state index contributed by atoms with van der Waals surface area (Å²) in [5.74, 6) is 1.64. The van der Waals surface area contributed by atoms with Gasteiger partial charge in [-0.05, 0) is 50.4 Å². The van der Waals surface area contributed by atoms with Gasteiger partial charge in [0.1, 0.15) is 0 Å². The van der Waals surface area contributed by atoms with Gasteiger partial charge in [0, 0.05) is 0 Å². The molecule has 0 radical (unpaired) electrons. The first-order valence-electron chi connectivity index (χ1n) is 6.90. The smallest absolute Gasteiger partial charge is 0.0713 e. The van der Waals surface area contributed by atoms with Crippen LogP contribution < -0.4 is 10.9 Å². The third-order valence-electron chi connectivity index (χ3n) is 4.14. The van der Waals surface area contributed by atoms with E-state index in [4.69, 9.17) is 0 Å². The number of hydrazine groups is 1. The molecule has 1 saturated heterocycles. The Labute approximate surface area is 108 Å². The second kappa shape index (κ2) is 5.59. The molecular weight excluding hydrogens is 228 g/mol. The van der Waals surface area contributed by atoms with Crippen molar-refractivity contribution in [2.24, 2.45) is 11.8 Å². The molecule has 4 atom stereocenters. The zero-order chi connectivity index (χ0) is 11.5. The maximum atomic E-state index is 3.53.